The van der Waals surface area contributed by atoms with Crippen LogP contribution in [0.15, 0.2) is 18.2 Å². The summed E-state index contributed by atoms with van der Waals surface area (Å²) in [6.45, 7) is 12.9. The summed E-state index contributed by atoms with van der Waals surface area (Å²) in [4.78, 5) is 7.12. The van der Waals surface area contributed by atoms with E-state index in [0.717, 1.165) is 68.1 Å². The van der Waals surface area contributed by atoms with E-state index < -0.39 is 10.0 Å². The highest BCUT2D eigenvalue weighted by molar-refractivity contribution is 7.89. The van der Waals surface area contributed by atoms with E-state index in [0.29, 0.717) is 25.7 Å². The molecule has 0 aliphatic carbocycles. The second-order valence-corrected chi connectivity index (χ2v) is 12.2. The third kappa shape index (κ3) is 6.54. The van der Waals surface area contributed by atoms with Crippen LogP contribution in [0.5, 0.6) is 0 Å². The largest absolute Gasteiger partial charge is 0.381 e. The quantitative estimate of drug-likeness (QED) is 0.628. The standard InChI is InChI=1S/C24H38N4O4S/c1-24(2,3)23-26-21-16-20(4-5-22(21)28(23)18-19-6-11-31-12-7-19)17-25-33(29,30)15-10-27-8-13-32-14-9-27/h4-5,16,19,25H,6-15,17-18H2,1-3H3. The van der Waals surface area contributed by atoms with Crippen LogP contribution in [0.3, 0.4) is 0 Å². The first kappa shape index (κ1) is 24.6. The zero-order valence-electron chi connectivity index (χ0n) is 20.2. The van der Waals surface area contributed by atoms with E-state index in [1.54, 1.807) is 0 Å². The maximum absolute atomic E-state index is 12.5. The van der Waals surface area contributed by atoms with Crippen molar-refractivity contribution in [3.05, 3.63) is 29.6 Å². The summed E-state index contributed by atoms with van der Waals surface area (Å²) >= 11 is 0. The Morgan fingerprint density at radius 3 is 2.48 bits per heavy atom. The Kier molecular flexibility index (Phi) is 7.75. The molecule has 184 valence electrons. The molecule has 1 N–H and O–H groups in total. The molecule has 1 aromatic carbocycles. The first-order chi connectivity index (χ1) is 15.7. The Morgan fingerprint density at radius 2 is 1.79 bits per heavy atom. The van der Waals surface area contributed by atoms with Crippen molar-refractivity contribution in [2.75, 3.05) is 51.8 Å². The fourth-order valence-corrected chi connectivity index (χ4v) is 5.60. The van der Waals surface area contributed by atoms with Gasteiger partial charge >= 0.3 is 0 Å². The van der Waals surface area contributed by atoms with Gasteiger partial charge in [-0.3, -0.25) is 4.90 Å². The molecule has 0 radical (unpaired) electrons. The molecule has 0 spiro atoms. The van der Waals surface area contributed by atoms with Gasteiger partial charge in [0.2, 0.25) is 10.0 Å². The monoisotopic (exact) mass is 478 g/mol. The highest BCUT2D eigenvalue weighted by Gasteiger charge is 2.25. The number of rotatable bonds is 8. The molecule has 9 heteroatoms. The van der Waals surface area contributed by atoms with Gasteiger partial charge in [0.05, 0.1) is 30.0 Å². The van der Waals surface area contributed by atoms with Crippen molar-refractivity contribution in [2.24, 2.45) is 5.92 Å². The van der Waals surface area contributed by atoms with Gasteiger partial charge in [0.1, 0.15) is 5.82 Å². The van der Waals surface area contributed by atoms with Crippen LogP contribution in [-0.4, -0.2) is 74.7 Å². The molecule has 2 fully saturated rings. The maximum atomic E-state index is 12.5. The molecule has 2 aliphatic rings. The molecule has 3 heterocycles. The van der Waals surface area contributed by atoms with Crippen molar-refractivity contribution >= 4 is 21.1 Å². The molecule has 2 aromatic rings. The molecule has 0 bridgehead atoms. The molecular formula is C24H38N4O4S. The Hall–Kier alpha value is -1.52. The maximum Gasteiger partial charge on any atom is 0.213 e. The predicted molar refractivity (Wildman–Crippen MR) is 130 cm³/mol. The molecule has 0 atom stereocenters. The summed E-state index contributed by atoms with van der Waals surface area (Å²) in [5.74, 6) is 1.77. The number of fused-ring (bicyclic) bond motifs is 1. The number of morpholine rings is 1. The highest BCUT2D eigenvalue weighted by Crippen LogP contribution is 2.29. The molecule has 33 heavy (non-hydrogen) atoms. The zero-order chi connectivity index (χ0) is 23.5. The lowest BCUT2D eigenvalue weighted by atomic mass is 9.94. The van der Waals surface area contributed by atoms with Crippen molar-refractivity contribution in [2.45, 2.75) is 52.1 Å². The van der Waals surface area contributed by atoms with Crippen LogP contribution < -0.4 is 4.72 Å². The topological polar surface area (TPSA) is 85.7 Å². The molecule has 0 unspecified atom stereocenters. The molecule has 8 nitrogen and oxygen atoms in total. The summed E-state index contributed by atoms with van der Waals surface area (Å²) in [5.41, 5.74) is 2.89. The fraction of sp³-hybridized carbons (Fsp3) is 0.708. The SMILES string of the molecule is CC(C)(C)c1nc2cc(CNS(=O)(=O)CCN3CCOCC3)ccc2n1CC1CCOCC1. The number of nitrogens with zero attached hydrogens (tertiary/aromatic N) is 3. The van der Waals surface area contributed by atoms with Crippen LogP contribution in [0, 0.1) is 5.92 Å². The number of hydrogen-bond acceptors (Lipinski definition) is 6. The average Bonchev–Trinajstić information content (AvgIpc) is 3.16. The van der Waals surface area contributed by atoms with Gasteiger partial charge in [-0.2, -0.15) is 0 Å². The number of ether oxygens (including phenoxy) is 2. The Bertz CT molecular complexity index is 1030. The highest BCUT2D eigenvalue weighted by atomic mass is 32.2. The summed E-state index contributed by atoms with van der Waals surface area (Å²) in [7, 11) is -3.35. The van der Waals surface area contributed by atoms with Crippen molar-refractivity contribution in [3.8, 4) is 0 Å². The zero-order valence-corrected chi connectivity index (χ0v) is 21.0. The summed E-state index contributed by atoms with van der Waals surface area (Å²) in [6.07, 6.45) is 2.15. The van der Waals surface area contributed by atoms with E-state index in [4.69, 9.17) is 14.5 Å². The number of aromatic nitrogens is 2. The van der Waals surface area contributed by atoms with Gasteiger partial charge in [-0.05, 0) is 36.5 Å². The first-order valence-corrected chi connectivity index (χ1v) is 13.7. The van der Waals surface area contributed by atoms with Crippen molar-refractivity contribution in [1.82, 2.24) is 19.2 Å². The number of nitrogens with one attached hydrogen (secondary N) is 1. The molecular weight excluding hydrogens is 440 g/mol. The minimum atomic E-state index is -3.35. The first-order valence-electron chi connectivity index (χ1n) is 12.1. The normalized spacial score (nSPS) is 19.4. The van der Waals surface area contributed by atoms with Crippen LogP contribution in [0.4, 0.5) is 0 Å². The van der Waals surface area contributed by atoms with Gasteiger partial charge in [0.15, 0.2) is 0 Å². The van der Waals surface area contributed by atoms with Crippen LogP contribution in [-0.2, 0) is 38.0 Å². The van der Waals surface area contributed by atoms with Gasteiger partial charge in [-0.25, -0.2) is 18.1 Å². The van der Waals surface area contributed by atoms with E-state index in [9.17, 15) is 8.42 Å². The second kappa shape index (κ2) is 10.4. The molecule has 0 saturated carbocycles. The Labute approximate surface area is 197 Å². The lowest BCUT2D eigenvalue weighted by molar-refractivity contribution is 0.0408. The fourth-order valence-electron chi connectivity index (χ4n) is 4.57. The van der Waals surface area contributed by atoms with Crippen LogP contribution in [0.2, 0.25) is 0 Å². The molecule has 0 amide bonds. The van der Waals surface area contributed by atoms with E-state index in [2.05, 4.69) is 41.0 Å². The minimum absolute atomic E-state index is 0.0779. The van der Waals surface area contributed by atoms with E-state index in [1.165, 1.54) is 0 Å². The van der Waals surface area contributed by atoms with Crippen molar-refractivity contribution in [1.29, 1.82) is 0 Å². The number of hydrogen-bond donors (Lipinski definition) is 1. The third-order valence-corrected chi connectivity index (χ3v) is 7.85. The number of sulfonamides is 1. The predicted octanol–water partition coefficient (Wildman–Crippen LogP) is 2.51. The van der Waals surface area contributed by atoms with E-state index in [-0.39, 0.29) is 17.7 Å². The molecule has 2 saturated heterocycles. The van der Waals surface area contributed by atoms with Gasteiger partial charge in [0, 0.05) is 51.4 Å². The van der Waals surface area contributed by atoms with Gasteiger partial charge < -0.3 is 14.0 Å². The van der Waals surface area contributed by atoms with Gasteiger partial charge in [0.25, 0.3) is 0 Å². The molecule has 4 rings (SSSR count). The van der Waals surface area contributed by atoms with Crippen LogP contribution in [0.1, 0.15) is 45.0 Å². The second-order valence-electron chi connectivity index (χ2n) is 10.3. The Balaban J connectivity index is 1.45. The summed E-state index contributed by atoms with van der Waals surface area (Å²) < 4.78 is 41.0. The van der Waals surface area contributed by atoms with Crippen molar-refractivity contribution < 1.29 is 17.9 Å². The van der Waals surface area contributed by atoms with E-state index >= 15 is 0 Å². The summed E-state index contributed by atoms with van der Waals surface area (Å²) in [5, 5.41) is 0. The summed E-state index contributed by atoms with van der Waals surface area (Å²) in [6, 6.07) is 6.13. The lowest BCUT2D eigenvalue weighted by Crippen LogP contribution is -2.40. The average molecular weight is 479 g/mol. The van der Waals surface area contributed by atoms with Gasteiger partial charge in [-0.15, -0.1) is 0 Å². The third-order valence-electron chi connectivity index (χ3n) is 6.54. The Morgan fingerprint density at radius 1 is 1.09 bits per heavy atom. The van der Waals surface area contributed by atoms with E-state index in [1.807, 2.05) is 12.1 Å². The number of benzene rings is 1. The molecule has 2 aliphatic heterocycles. The van der Waals surface area contributed by atoms with Gasteiger partial charge in [-0.1, -0.05) is 26.8 Å². The van der Waals surface area contributed by atoms with Crippen LogP contribution >= 0.6 is 0 Å². The smallest absolute Gasteiger partial charge is 0.213 e. The van der Waals surface area contributed by atoms with Crippen LogP contribution in [0.25, 0.3) is 11.0 Å². The van der Waals surface area contributed by atoms with Crippen molar-refractivity contribution in [3.63, 3.8) is 0 Å². The number of imidazole rings is 1. The lowest BCUT2D eigenvalue weighted by Gasteiger charge is -2.26. The minimum Gasteiger partial charge on any atom is -0.381 e. The molecule has 1 aromatic heterocycles.